The second kappa shape index (κ2) is 6.40. The molecule has 0 aromatic carbocycles. The summed E-state index contributed by atoms with van der Waals surface area (Å²) in [4.78, 5) is 22.4. The Morgan fingerprint density at radius 2 is 2.08 bits per heavy atom. The van der Waals surface area contributed by atoms with E-state index in [9.17, 15) is 14.3 Å². The van der Waals surface area contributed by atoms with Gasteiger partial charge in [-0.3, -0.25) is 5.10 Å². The molecule has 1 saturated heterocycles. The summed E-state index contributed by atoms with van der Waals surface area (Å²) < 4.78 is 14.2. The van der Waals surface area contributed by atoms with E-state index in [2.05, 4.69) is 20.2 Å². The molecule has 3 rings (SSSR count). The summed E-state index contributed by atoms with van der Waals surface area (Å²) in [5, 5.41) is 25.0. The van der Waals surface area contributed by atoms with Crippen LogP contribution in [0.5, 0.6) is 0 Å². The third-order valence-electron chi connectivity index (χ3n) is 3.97. The van der Waals surface area contributed by atoms with Gasteiger partial charge in [0.15, 0.2) is 5.82 Å². The maximum Gasteiger partial charge on any atom is 0.407 e. The first-order valence-electron chi connectivity index (χ1n) is 7.41. The van der Waals surface area contributed by atoms with Gasteiger partial charge in [0.25, 0.3) is 0 Å². The number of amides is 1. The number of rotatable bonds is 3. The van der Waals surface area contributed by atoms with E-state index in [1.165, 1.54) is 4.90 Å². The van der Waals surface area contributed by atoms with Gasteiger partial charge in [0.2, 0.25) is 5.95 Å². The first-order chi connectivity index (χ1) is 11.5. The molecule has 3 heterocycles. The van der Waals surface area contributed by atoms with E-state index < -0.39 is 11.9 Å². The quantitative estimate of drug-likeness (QED) is 0.751. The fraction of sp³-hybridized carbons (Fsp3) is 0.429. The Balaban J connectivity index is 1.90. The third kappa shape index (κ3) is 2.87. The lowest BCUT2D eigenvalue weighted by Gasteiger charge is -2.33. The maximum absolute atomic E-state index is 14.2. The molecule has 24 heavy (non-hydrogen) atoms. The van der Waals surface area contributed by atoms with Gasteiger partial charge in [-0.1, -0.05) is 0 Å². The fourth-order valence-corrected chi connectivity index (χ4v) is 2.69. The van der Waals surface area contributed by atoms with Crippen molar-refractivity contribution in [3.8, 4) is 11.3 Å². The number of carbonyl (C=O) groups is 1. The van der Waals surface area contributed by atoms with Crippen molar-refractivity contribution in [2.75, 3.05) is 31.1 Å². The van der Waals surface area contributed by atoms with Crippen LogP contribution in [0, 0.1) is 12.7 Å². The number of anilines is 1. The Kier molecular flexibility index (Phi) is 4.30. The van der Waals surface area contributed by atoms with Crippen LogP contribution in [0.15, 0.2) is 6.20 Å². The number of aliphatic hydroxyl groups is 1. The minimum atomic E-state index is -0.961. The molecule has 0 aliphatic carbocycles. The molecular formula is C14H17FN6O3. The van der Waals surface area contributed by atoms with Crippen molar-refractivity contribution < 1.29 is 19.4 Å². The number of aromatic nitrogens is 4. The zero-order chi connectivity index (χ0) is 17.3. The predicted octanol–water partition coefficient (Wildman–Crippen LogP) is 0.607. The van der Waals surface area contributed by atoms with E-state index in [4.69, 9.17) is 5.11 Å². The normalized spacial score (nSPS) is 15.0. The highest BCUT2D eigenvalue weighted by Gasteiger charge is 2.24. The average molecular weight is 336 g/mol. The molecule has 0 saturated carbocycles. The molecule has 0 radical (unpaired) electrons. The Hall–Kier alpha value is -2.75. The first kappa shape index (κ1) is 16.1. The van der Waals surface area contributed by atoms with Crippen LogP contribution in [0.1, 0.15) is 11.4 Å². The number of carboxylic acid groups (broad SMARTS) is 1. The lowest BCUT2D eigenvalue weighted by atomic mass is 10.1. The van der Waals surface area contributed by atoms with Gasteiger partial charge >= 0.3 is 6.09 Å². The lowest BCUT2D eigenvalue weighted by Crippen LogP contribution is -2.48. The lowest BCUT2D eigenvalue weighted by molar-refractivity contribution is 0.142. The Morgan fingerprint density at radius 3 is 2.71 bits per heavy atom. The smallest absolute Gasteiger partial charge is 0.407 e. The van der Waals surface area contributed by atoms with Crippen molar-refractivity contribution in [3.05, 3.63) is 23.4 Å². The molecule has 1 amide bonds. The highest BCUT2D eigenvalue weighted by atomic mass is 19.1. The van der Waals surface area contributed by atoms with Gasteiger partial charge in [0.1, 0.15) is 5.69 Å². The van der Waals surface area contributed by atoms with Crippen LogP contribution in [0.2, 0.25) is 0 Å². The van der Waals surface area contributed by atoms with E-state index in [-0.39, 0.29) is 12.3 Å². The second-order valence-electron chi connectivity index (χ2n) is 5.45. The number of H-pyrrole nitrogens is 1. The minimum absolute atomic E-state index is 0.0657. The summed E-state index contributed by atoms with van der Waals surface area (Å²) in [6, 6.07) is 0. The molecule has 2 aromatic heterocycles. The Labute approximate surface area is 136 Å². The van der Waals surface area contributed by atoms with E-state index in [1.807, 2.05) is 0 Å². The van der Waals surface area contributed by atoms with Crippen molar-refractivity contribution in [2.45, 2.75) is 13.5 Å². The molecule has 0 unspecified atom stereocenters. The number of aryl methyl sites for hydroxylation is 1. The largest absolute Gasteiger partial charge is 0.465 e. The highest BCUT2D eigenvalue weighted by Crippen LogP contribution is 2.28. The van der Waals surface area contributed by atoms with Crippen LogP contribution >= 0.6 is 0 Å². The molecule has 2 aromatic rings. The van der Waals surface area contributed by atoms with Gasteiger partial charge in [-0.25, -0.2) is 19.2 Å². The monoisotopic (exact) mass is 336 g/mol. The maximum atomic E-state index is 14.2. The topological polar surface area (TPSA) is 118 Å². The van der Waals surface area contributed by atoms with Crippen LogP contribution in [0.25, 0.3) is 11.3 Å². The number of halogens is 1. The summed E-state index contributed by atoms with van der Waals surface area (Å²) in [5.74, 6) is -0.289. The SMILES string of the molecule is Cc1[nH]nc(CO)c1-c1nc(N2CCN(C(=O)O)CC2)ncc1F. The number of nitrogens with zero attached hydrogens (tertiary/aromatic N) is 5. The van der Waals surface area contributed by atoms with Crippen molar-refractivity contribution in [1.82, 2.24) is 25.1 Å². The van der Waals surface area contributed by atoms with Crippen LogP contribution in [-0.2, 0) is 6.61 Å². The van der Waals surface area contributed by atoms with Crippen LogP contribution in [0.3, 0.4) is 0 Å². The van der Waals surface area contributed by atoms with Crippen LogP contribution in [0.4, 0.5) is 15.1 Å². The van der Waals surface area contributed by atoms with Gasteiger partial charge in [-0.05, 0) is 6.92 Å². The summed E-state index contributed by atoms with van der Waals surface area (Å²) in [6.45, 7) is 2.89. The van der Waals surface area contributed by atoms with Crippen molar-refractivity contribution in [3.63, 3.8) is 0 Å². The minimum Gasteiger partial charge on any atom is -0.465 e. The molecule has 3 N–H and O–H groups in total. The number of piperazine rings is 1. The van der Waals surface area contributed by atoms with Crippen LogP contribution < -0.4 is 4.90 Å². The Morgan fingerprint density at radius 1 is 1.38 bits per heavy atom. The van der Waals surface area contributed by atoms with Gasteiger partial charge < -0.3 is 20.0 Å². The fourth-order valence-electron chi connectivity index (χ4n) is 2.69. The standard InChI is InChI=1S/C14H17FN6O3/c1-8-11(10(7-22)19-18-8)12-9(15)6-16-13(17-12)20-2-4-21(5-3-20)14(23)24/h6,22H,2-5,7H2,1H3,(H,18,19)(H,23,24). The molecular weight excluding hydrogens is 319 g/mol. The molecule has 1 aliphatic heterocycles. The average Bonchev–Trinajstić information content (AvgIpc) is 2.96. The third-order valence-corrected chi connectivity index (χ3v) is 3.97. The number of hydrogen-bond donors (Lipinski definition) is 3. The zero-order valence-electron chi connectivity index (χ0n) is 13.0. The highest BCUT2D eigenvalue weighted by molar-refractivity contribution is 5.67. The van der Waals surface area contributed by atoms with Gasteiger partial charge in [-0.2, -0.15) is 5.10 Å². The van der Waals surface area contributed by atoms with Gasteiger partial charge in [-0.15, -0.1) is 0 Å². The summed E-state index contributed by atoms with van der Waals surface area (Å²) >= 11 is 0. The van der Waals surface area contributed by atoms with Crippen molar-refractivity contribution in [1.29, 1.82) is 0 Å². The van der Waals surface area contributed by atoms with Crippen LogP contribution in [-0.4, -0.2) is 67.6 Å². The van der Waals surface area contributed by atoms with E-state index in [1.54, 1.807) is 11.8 Å². The van der Waals surface area contributed by atoms with Gasteiger partial charge in [0, 0.05) is 37.4 Å². The molecule has 9 nitrogen and oxygen atoms in total. The van der Waals surface area contributed by atoms with E-state index in [0.717, 1.165) is 6.20 Å². The number of aliphatic hydroxyl groups excluding tert-OH is 1. The second-order valence-corrected chi connectivity index (χ2v) is 5.45. The number of aromatic amines is 1. The zero-order valence-corrected chi connectivity index (χ0v) is 13.0. The number of nitrogens with one attached hydrogen (secondary N) is 1. The molecule has 0 atom stereocenters. The summed E-state index contributed by atoms with van der Waals surface area (Å²) in [5.41, 5.74) is 1.39. The first-order valence-corrected chi connectivity index (χ1v) is 7.41. The predicted molar refractivity (Wildman–Crippen MR) is 82.0 cm³/mol. The Bertz CT molecular complexity index is 757. The molecule has 0 spiro atoms. The molecule has 1 fully saturated rings. The summed E-state index contributed by atoms with van der Waals surface area (Å²) in [6.07, 6.45) is 0.117. The van der Waals surface area contributed by atoms with Gasteiger partial charge in [0.05, 0.1) is 18.5 Å². The molecule has 10 heteroatoms. The number of hydrogen-bond acceptors (Lipinski definition) is 6. The molecule has 0 bridgehead atoms. The summed E-state index contributed by atoms with van der Waals surface area (Å²) in [7, 11) is 0. The van der Waals surface area contributed by atoms with Crippen molar-refractivity contribution in [2.24, 2.45) is 0 Å². The molecule has 128 valence electrons. The molecule has 1 aliphatic rings. The van der Waals surface area contributed by atoms with E-state index >= 15 is 0 Å². The van der Waals surface area contributed by atoms with E-state index in [0.29, 0.717) is 49.1 Å². The van der Waals surface area contributed by atoms with Crippen molar-refractivity contribution >= 4 is 12.0 Å².